The Kier molecular flexibility index (Phi) is 6.73. The Labute approximate surface area is 181 Å². The molecule has 0 bridgehead atoms. The normalized spacial score (nSPS) is 15.8. The molecule has 0 spiro atoms. The molecule has 3 aromatic rings. The van der Waals surface area contributed by atoms with Crippen LogP contribution in [-0.4, -0.2) is 72.1 Å². The molecule has 4 rings (SSSR count). The van der Waals surface area contributed by atoms with Gasteiger partial charge in [0.25, 0.3) is 0 Å². The van der Waals surface area contributed by atoms with Crippen LogP contribution in [-0.2, 0) is 11.3 Å². The Morgan fingerprint density at radius 1 is 0.968 bits per heavy atom. The van der Waals surface area contributed by atoms with Gasteiger partial charge in [0, 0.05) is 39.0 Å². The molecule has 0 amide bonds. The third-order valence-electron chi connectivity index (χ3n) is 5.61. The van der Waals surface area contributed by atoms with Crippen molar-refractivity contribution in [3.05, 3.63) is 65.7 Å². The van der Waals surface area contributed by atoms with Gasteiger partial charge in [0.1, 0.15) is 11.6 Å². The zero-order valence-electron chi connectivity index (χ0n) is 17.8. The summed E-state index contributed by atoms with van der Waals surface area (Å²) in [5.74, 6) is 1.33. The molecule has 1 fully saturated rings. The van der Waals surface area contributed by atoms with Crippen molar-refractivity contribution in [2.75, 3.05) is 51.9 Å². The minimum absolute atomic E-state index is 0.162. The van der Waals surface area contributed by atoms with Crippen LogP contribution in [0.2, 0.25) is 0 Å². The molecule has 0 N–H and O–H groups in total. The largest absolute Gasteiger partial charge is 0.497 e. The fourth-order valence-electron chi connectivity index (χ4n) is 3.94. The van der Waals surface area contributed by atoms with Gasteiger partial charge in [-0.1, -0.05) is 12.1 Å². The highest BCUT2D eigenvalue weighted by molar-refractivity contribution is 5.49. The van der Waals surface area contributed by atoms with Gasteiger partial charge in [-0.2, -0.15) is 0 Å². The van der Waals surface area contributed by atoms with Crippen LogP contribution < -0.4 is 9.64 Å². The second kappa shape index (κ2) is 9.84. The van der Waals surface area contributed by atoms with Gasteiger partial charge >= 0.3 is 0 Å². The van der Waals surface area contributed by atoms with Gasteiger partial charge in [0.2, 0.25) is 0 Å². The van der Waals surface area contributed by atoms with Gasteiger partial charge in [-0.05, 0) is 52.4 Å². The highest BCUT2D eigenvalue weighted by Gasteiger charge is 2.30. The number of aromatic nitrogens is 4. The predicted octanol–water partition coefficient (Wildman–Crippen LogP) is 2.38. The van der Waals surface area contributed by atoms with Crippen LogP contribution in [0.25, 0.3) is 0 Å². The molecule has 0 saturated carbocycles. The molecule has 164 valence electrons. The van der Waals surface area contributed by atoms with E-state index in [0.29, 0.717) is 13.2 Å². The number of piperazine rings is 1. The number of methoxy groups -OCH3 is 2. The summed E-state index contributed by atoms with van der Waals surface area (Å²) < 4.78 is 25.8. The molecular formula is C22H27FN6O2. The number of tetrazole rings is 1. The van der Waals surface area contributed by atoms with Crippen molar-refractivity contribution in [3.63, 3.8) is 0 Å². The lowest BCUT2D eigenvalue weighted by molar-refractivity contribution is 0.171. The first-order valence-corrected chi connectivity index (χ1v) is 10.3. The minimum Gasteiger partial charge on any atom is -0.497 e. The summed E-state index contributed by atoms with van der Waals surface area (Å²) in [6.45, 7) is 4.45. The summed E-state index contributed by atoms with van der Waals surface area (Å²) >= 11 is 0. The van der Waals surface area contributed by atoms with Crippen molar-refractivity contribution in [3.8, 4) is 5.75 Å². The van der Waals surface area contributed by atoms with E-state index in [9.17, 15) is 4.39 Å². The Morgan fingerprint density at radius 3 is 2.32 bits per heavy atom. The number of benzene rings is 2. The average Bonchev–Trinajstić information content (AvgIpc) is 3.27. The van der Waals surface area contributed by atoms with Crippen LogP contribution in [0.3, 0.4) is 0 Å². The van der Waals surface area contributed by atoms with Crippen molar-refractivity contribution in [2.24, 2.45) is 0 Å². The zero-order valence-corrected chi connectivity index (χ0v) is 17.8. The van der Waals surface area contributed by atoms with E-state index in [1.807, 2.05) is 24.3 Å². The molecule has 1 aromatic heterocycles. The van der Waals surface area contributed by atoms with Crippen LogP contribution in [0.5, 0.6) is 5.75 Å². The van der Waals surface area contributed by atoms with Crippen molar-refractivity contribution in [2.45, 2.75) is 12.6 Å². The summed E-state index contributed by atoms with van der Waals surface area (Å²) in [5.41, 5.74) is 2.14. The maximum Gasteiger partial charge on any atom is 0.173 e. The average molecular weight is 426 g/mol. The van der Waals surface area contributed by atoms with E-state index in [-0.39, 0.29) is 11.9 Å². The summed E-state index contributed by atoms with van der Waals surface area (Å²) in [7, 11) is 3.32. The monoisotopic (exact) mass is 426 g/mol. The van der Waals surface area contributed by atoms with E-state index >= 15 is 0 Å². The van der Waals surface area contributed by atoms with Crippen LogP contribution >= 0.6 is 0 Å². The molecular weight excluding hydrogens is 399 g/mol. The molecule has 1 atom stereocenters. The van der Waals surface area contributed by atoms with Crippen molar-refractivity contribution < 1.29 is 13.9 Å². The summed E-state index contributed by atoms with van der Waals surface area (Å²) in [6.07, 6.45) is 0. The van der Waals surface area contributed by atoms with Crippen LogP contribution in [0.4, 0.5) is 10.1 Å². The van der Waals surface area contributed by atoms with Crippen molar-refractivity contribution >= 4 is 5.69 Å². The topological polar surface area (TPSA) is 68.5 Å². The lowest BCUT2D eigenvalue weighted by Gasteiger charge is -2.40. The van der Waals surface area contributed by atoms with E-state index in [4.69, 9.17) is 9.47 Å². The molecule has 0 radical (unpaired) electrons. The second-order valence-electron chi connectivity index (χ2n) is 7.43. The number of anilines is 1. The van der Waals surface area contributed by atoms with Gasteiger partial charge in [-0.25, -0.2) is 9.07 Å². The molecule has 1 aliphatic rings. The van der Waals surface area contributed by atoms with Crippen molar-refractivity contribution in [1.82, 2.24) is 25.1 Å². The molecule has 1 saturated heterocycles. The zero-order chi connectivity index (χ0) is 21.6. The maximum absolute atomic E-state index is 13.6. The quantitative estimate of drug-likeness (QED) is 0.548. The highest BCUT2D eigenvalue weighted by atomic mass is 19.1. The molecule has 2 aromatic carbocycles. The number of halogens is 1. The molecule has 8 nitrogen and oxygen atoms in total. The van der Waals surface area contributed by atoms with Crippen LogP contribution in [0.15, 0.2) is 48.5 Å². The number of rotatable bonds is 8. The van der Waals surface area contributed by atoms with Gasteiger partial charge in [0.15, 0.2) is 5.82 Å². The van der Waals surface area contributed by atoms with E-state index in [1.165, 1.54) is 17.8 Å². The molecule has 0 unspecified atom stereocenters. The maximum atomic E-state index is 13.6. The van der Waals surface area contributed by atoms with Gasteiger partial charge in [-0.15, -0.1) is 5.10 Å². The number of nitrogens with zero attached hydrogens (tertiary/aromatic N) is 6. The molecule has 2 heterocycles. The number of hydrogen-bond donors (Lipinski definition) is 0. The van der Waals surface area contributed by atoms with E-state index in [2.05, 4.69) is 37.5 Å². The summed E-state index contributed by atoms with van der Waals surface area (Å²) in [4.78, 5) is 4.70. The Hall–Kier alpha value is -3.04. The number of hydrogen-bond acceptors (Lipinski definition) is 7. The van der Waals surface area contributed by atoms with Crippen LogP contribution in [0.1, 0.15) is 17.4 Å². The van der Waals surface area contributed by atoms with E-state index in [1.54, 1.807) is 18.9 Å². The molecule has 1 aliphatic heterocycles. The smallest absolute Gasteiger partial charge is 0.173 e. The Bertz CT molecular complexity index is 955. The second-order valence-corrected chi connectivity index (χ2v) is 7.43. The molecule has 9 heteroatoms. The first-order valence-electron chi connectivity index (χ1n) is 10.3. The third kappa shape index (κ3) is 4.83. The Morgan fingerprint density at radius 2 is 1.68 bits per heavy atom. The van der Waals surface area contributed by atoms with Crippen LogP contribution in [0, 0.1) is 5.82 Å². The standard InChI is InChI=1S/C22H27FN6O2/c1-30-16-15-29-22(24-25-26-29)21(17-3-5-18(23)6-4-17)28-13-11-27(12-14-28)19-7-9-20(31-2)10-8-19/h3-10,21H,11-16H2,1-2H3/t21-/m0/s1. The Balaban J connectivity index is 1.55. The lowest BCUT2D eigenvalue weighted by atomic mass is 10.0. The summed E-state index contributed by atoms with van der Waals surface area (Å²) in [5, 5.41) is 12.4. The molecule has 0 aliphatic carbocycles. The SMILES string of the molecule is COCCn1nnnc1[C@H](c1ccc(F)cc1)N1CCN(c2ccc(OC)cc2)CC1. The first-order chi connectivity index (χ1) is 15.2. The fourth-order valence-corrected chi connectivity index (χ4v) is 3.94. The lowest BCUT2D eigenvalue weighted by Crippen LogP contribution is -2.48. The predicted molar refractivity (Wildman–Crippen MR) is 115 cm³/mol. The van der Waals surface area contributed by atoms with Gasteiger partial charge in [0.05, 0.1) is 26.3 Å². The van der Waals surface area contributed by atoms with E-state index < -0.39 is 0 Å². The van der Waals surface area contributed by atoms with E-state index in [0.717, 1.165) is 43.3 Å². The highest BCUT2D eigenvalue weighted by Crippen LogP contribution is 2.29. The van der Waals surface area contributed by atoms with Crippen molar-refractivity contribution in [1.29, 1.82) is 0 Å². The minimum atomic E-state index is -0.259. The van der Waals surface area contributed by atoms with Gasteiger partial charge < -0.3 is 14.4 Å². The first kappa shape index (κ1) is 21.2. The fraction of sp³-hybridized carbons (Fsp3) is 0.409. The molecule has 31 heavy (non-hydrogen) atoms. The number of ether oxygens (including phenoxy) is 2. The van der Waals surface area contributed by atoms with Gasteiger partial charge in [-0.3, -0.25) is 4.90 Å². The summed E-state index contributed by atoms with van der Waals surface area (Å²) in [6, 6.07) is 14.5. The third-order valence-corrected chi connectivity index (χ3v) is 5.61.